The van der Waals surface area contributed by atoms with Gasteiger partial charge in [-0.1, -0.05) is 60.7 Å². The second kappa shape index (κ2) is 6.35. The molecule has 0 bridgehead atoms. The molecular weight excluding hydrogens is 270 g/mol. The van der Waals surface area contributed by atoms with Gasteiger partial charge in [-0.05, 0) is 41.3 Å². The number of nitrogens with two attached hydrogens (primary N) is 1. The van der Waals surface area contributed by atoms with E-state index in [0.717, 1.165) is 16.9 Å². The van der Waals surface area contributed by atoms with Crippen molar-refractivity contribution in [2.75, 3.05) is 5.73 Å². The summed E-state index contributed by atoms with van der Waals surface area (Å²) in [6.07, 6.45) is 0. The van der Waals surface area contributed by atoms with E-state index in [1.54, 1.807) is 0 Å². The number of hydrogen-bond acceptors (Lipinski definition) is 2. The molecule has 110 valence electrons. The molecule has 22 heavy (non-hydrogen) atoms. The summed E-state index contributed by atoms with van der Waals surface area (Å²) in [5.41, 5.74) is 11.4. The van der Waals surface area contributed by atoms with Gasteiger partial charge < -0.3 is 10.5 Å². The van der Waals surface area contributed by atoms with E-state index in [-0.39, 0.29) is 0 Å². The van der Waals surface area contributed by atoms with Gasteiger partial charge in [0.05, 0.1) is 5.69 Å². The van der Waals surface area contributed by atoms with Crippen molar-refractivity contribution in [2.45, 2.75) is 13.5 Å². The minimum absolute atomic E-state index is 0.516. The molecule has 0 amide bonds. The van der Waals surface area contributed by atoms with E-state index in [1.807, 2.05) is 60.7 Å². The molecule has 0 aliphatic heterocycles. The van der Waals surface area contributed by atoms with Crippen molar-refractivity contribution >= 4 is 5.69 Å². The number of aryl methyl sites for hydroxylation is 1. The van der Waals surface area contributed by atoms with Crippen LogP contribution in [0.4, 0.5) is 5.69 Å². The number of rotatable bonds is 4. The second-order valence-corrected chi connectivity index (χ2v) is 5.34. The van der Waals surface area contributed by atoms with Crippen LogP contribution in [-0.4, -0.2) is 0 Å². The van der Waals surface area contributed by atoms with Crippen molar-refractivity contribution in [3.8, 4) is 16.9 Å². The number of benzene rings is 3. The fourth-order valence-corrected chi connectivity index (χ4v) is 2.46. The topological polar surface area (TPSA) is 35.2 Å². The van der Waals surface area contributed by atoms with Crippen molar-refractivity contribution in [3.63, 3.8) is 0 Å². The molecule has 3 aromatic rings. The molecule has 0 radical (unpaired) electrons. The molecule has 0 saturated carbocycles. The van der Waals surface area contributed by atoms with E-state index < -0.39 is 0 Å². The lowest BCUT2D eigenvalue weighted by atomic mass is 10.0. The number of anilines is 1. The van der Waals surface area contributed by atoms with E-state index in [1.165, 1.54) is 11.1 Å². The Morgan fingerprint density at radius 1 is 0.864 bits per heavy atom. The summed E-state index contributed by atoms with van der Waals surface area (Å²) in [5, 5.41) is 0. The minimum Gasteiger partial charge on any atom is -0.487 e. The zero-order valence-electron chi connectivity index (χ0n) is 12.6. The summed E-state index contributed by atoms with van der Waals surface area (Å²) < 4.78 is 5.90. The molecule has 0 aromatic heterocycles. The van der Waals surface area contributed by atoms with Gasteiger partial charge in [-0.3, -0.25) is 0 Å². The first-order chi connectivity index (χ1) is 10.7. The second-order valence-electron chi connectivity index (χ2n) is 5.34. The Morgan fingerprint density at radius 3 is 2.36 bits per heavy atom. The Labute approximate surface area is 131 Å². The summed E-state index contributed by atoms with van der Waals surface area (Å²) in [4.78, 5) is 0. The Morgan fingerprint density at radius 2 is 1.59 bits per heavy atom. The van der Waals surface area contributed by atoms with Gasteiger partial charge >= 0.3 is 0 Å². The molecule has 0 unspecified atom stereocenters. The van der Waals surface area contributed by atoms with Crippen LogP contribution in [0.5, 0.6) is 5.75 Å². The lowest BCUT2D eigenvalue weighted by molar-refractivity contribution is 0.308. The molecule has 3 aromatic carbocycles. The third-order valence-corrected chi connectivity index (χ3v) is 3.71. The first-order valence-electron chi connectivity index (χ1n) is 7.36. The van der Waals surface area contributed by atoms with Gasteiger partial charge in [-0.25, -0.2) is 0 Å². The zero-order chi connectivity index (χ0) is 15.4. The first kappa shape index (κ1) is 14.2. The Balaban J connectivity index is 1.86. The molecule has 2 nitrogen and oxygen atoms in total. The van der Waals surface area contributed by atoms with E-state index in [9.17, 15) is 0 Å². The summed E-state index contributed by atoms with van der Waals surface area (Å²) in [5.74, 6) is 0.726. The molecule has 0 heterocycles. The van der Waals surface area contributed by atoms with Crippen LogP contribution >= 0.6 is 0 Å². The van der Waals surface area contributed by atoms with Crippen LogP contribution < -0.4 is 10.5 Å². The molecule has 0 aliphatic rings. The Bertz CT molecular complexity index is 766. The highest BCUT2D eigenvalue weighted by atomic mass is 16.5. The molecule has 3 rings (SSSR count). The summed E-state index contributed by atoms with van der Waals surface area (Å²) in [7, 11) is 0. The maximum atomic E-state index is 6.04. The van der Waals surface area contributed by atoms with Crippen LogP contribution in [0.15, 0.2) is 72.8 Å². The zero-order valence-corrected chi connectivity index (χ0v) is 12.6. The molecule has 0 spiro atoms. The van der Waals surface area contributed by atoms with Crippen molar-refractivity contribution in [1.82, 2.24) is 0 Å². The molecule has 0 atom stereocenters. The number of hydrogen-bond donors (Lipinski definition) is 1. The maximum absolute atomic E-state index is 6.04. The fraction of sp³-hybridized carbons (Fsp3) is 0.100. The molecule has 2 N–H and O–H groups in total. The fourth-order valence-electron chi connectivity index (χ4n) is 2.46. The molecule has 2 heteroatoms. The predicted molar refractivity (Wildman–Crippen MR) is 91.8 cm³/mol. The number of nitrogen functional groups attached to an aromatic ring is 1. The largest absolute Gasteiger partial charge is 0.487 e. The first-order valence-corrected chi connectivity index (χ1v) is 7.36. The minimum atomic E-state index is 0.516. The third-order valence-electron chi connectivity index (χ3n) is 3.71. The van der Waals surface area contributed by atoms with Gasteiger partial charge in [0.2, 0.25) is 0 Å². The summed E-state index contributed by atoms with van der Waals surface area (Å²) >= 11 is 0. The normalized spacial score (nSPS) is 10.4. The average molecular weight is 289 g/mol. The van der Waals surface area contributed by atoms with Gasteiger partial charge in [0, 0.05) is 0 Å². The molecule has 0 saturated heterocycles. The molecule has 0 fully saturated rings. The van der Waals surface area contributed by atoms with E-state index in [2.05, 4.69) is 19.1 Å². The highest BCUT2D eigenvalue weighted by molar-refractivity contribution is 5.72. The van der Waals surface area contributed by atoms with Crippen LogP contribution in [0.1, 0.15) is 11.1 Å². The van der Waals surface area contributed by atoms with Gasteiger partial charge in [-0.2, -0.15) is 0 Å². The predicted octanol–water partition coefficient (Wildman–Crippen LogP) is 4.82. The van der Waals surface area contributed by atoms with Gasteiger partial charge in [0.15, 0.2) is 0 Å². The van der Waals surface area contributed by atoms with Crippen LogP contribution in [-0.2, 0) is 6.61 Å². The van der Waals surface area contributed by atoms with Crippen molar-refractivity contribution in [1.29, 1.82) is 0 Å². The number of ether oxygens (including phenoxy) is 1. The molecular formula is C20H19NO. The van der Waals surface area contributed by atoms with Gasteiger partial charge in [0.25, 0.3) is 0 Å². The SMILES string of the molecule is Cc1ccccc1-c1ccc(N)c(OCc2ccccc2)c1. The lowest BCUT2D eigenvalue weighted by Gasteiger charge is -2.12. The quantitative estimate of drug-likeness (QED) is 0.699. The molecule has 0 aliphatic carbocycles. The van der Waals surface area contributed by atoms with Gasteiger partial charge in [0.1, 0.15) is 12.4 Å². The van der Waals surface area contributed by atoms with E-state index in [4.69, 9.17) is 10.5 Å². The third kappa shape index (κ3) is 3.12. The van der Waals surface area contributed by atoms with Crippen LogP contribution in [0.2, 0.25) is 0 Å². The Hall–Kier alpha value is -2.74. The standard InChI is InChI=1S/C20H19NO/c1-15-7-5-6-10-18(15)17-11-12-19(21)20(13-17)22-14-16-8-3-2-4-9-16/h2-13H,14,21H2,1H3. The van der Waals surface area contributed by atoms with E-state index >= 15 is 0 Å². The average Bonchev–Trinajstić information content (AvgIpc) is 2.56. The maximum Gasteiger partial charge on any atom is 0.143 e. The highest BCUT2D eigenvalue weighted by Gasteiger charge is 2.06. The van der Waals surface area contributed by atoms with Crippen molar-refractivity contribution in [2.24, 2.45) is 0 Å². The lowest BCUT2D eigenvalue weighted by Crippen LogP contribution is -1.99. The smallest absolute Gasteiger partial charge is 0.143 e. The van der Waals surface area contributed by atoms with Crippen LogP contribution in [0.25, 0.3) is 11.1 Å². The van der Waals surface area contributed by atoms with E-state index in [0.29, 0.717) is 12.3 Å². The van der Waals surface area contributed by atoms with Crippen molar-refractivity contribution in [3.05, 3.63) is 83.9 Å². The monoisotopic (exact) mass is 289 g/mol. The highest BCUT2D eigenvalue weighted by Crippen LogP contribution is 2.31. The van der Waals surface area contributed by atoms with Crippen LogP contribution in [0.3, 0.4) is 0 Å². The van der Waals surface area contributed by atoms with Crippen LogP contribution in [0, 0.1) is 6.92 Å². The summed E-state index contributed by atoms with van der Waals surface area (Å²) in [6.45, 7) is 2.62. The Kier molecular flexibility index (Phi) is 4.10. The van der Waals surface area contributed by atoms with Crippen molar-refractivity contribution < 1.29 is 4.74 Å². The summed E-state index contributed by atoms with van der Waals surface area (Å²) in [6, 6.07) is 24.4. The van der Waals surface area contributed by atoms with Gasteiger partial charge in [-0.15, -0.1) is 0 Å².